The van der Waals surface area contributed by atoms with E-state index in [2.05, 4.69) is 11.7 Å². The first-order chi connectivity index (χ1) is 14.1. The summed E-state index contributed by atoms with van der Waals surface area (Å²) in [5.41, 5.74) is 0.626. The highest BCUT2D eigenvalue weighted by molar-refractivity contribution is 6.05. The fourth-order valence-corrected chi connectivity index (χ4v) is 3.40. The lowest BCUT2D eigenvalue weighted by atomic mass is 10.1. The molecule has 29 heavy (non-hydrogen) atoms. The fourth-order valence-electron chi connectivity index (χ4n) is 3.40. The van der Waals surface area contributed by atoms with Crippen molar-refractivity contribution in [3.63, 3.8) is 0 Å². The first-order valence-electron chi connectivity index (χ1n) is 10.2. The van der Waals surface area contributed by atoms with Crippen molar-refractivity contribution in [2.45, 2.75) is 58.3 Å². The summed E-state index contributed by atoms with van der Waals surface area (Å²) in [6, 6.07) is 3.34. The minimum atomic E-state index is -0.529. The predicted molar refractivity (Wildman–Crippen MR) is 110 cm³/mol. The van der Waals surface area contributed by atoms with Gasteiger partial charge in [0.05, 0.1) is 12.1 Å². The smallest absolute Gasteiger partial charge is 0.359 e. The number of ether oxygens (including phenoxy) is 3. The second-order valence-corrected chi connectivity index (χ2v) is 7.19. The van der Waals surface area contributed by atoms with E-state index in [1.807, 2.05) is 6.08 Å². The molecule has 2 aromatic rings. The van der Waals surface area contributed by atoms with Gasteiger partial charge in [-0.05, 0) is 25.3 Å². The number of carbonyl (C=O) groups is 2. The summed E-state index contributed by atoms with van der Waals surface area (Å²) >= 11 is 0. The molecule has 7 nitrogen and oxygen atoms in total. The van der Waals surface area contributed by atoms with E-state index in [1.54, 1.807) is 12.1 Å². The Bertz CT molecular complexity index is 887. The van der Waals surface area contributed by atoms with Crippen LogP contribution in [0, 0.1) is 0 Å². The number of hydrogen-bond acceptors (Lipinski definition) is 6. The van der Waals surface area contributed by atoms with Gasteiger partial charge in [0.2, 0.25) is 12.7 Å². The van der Waals surface area contributed by atoms with Gasteiger partial charge < -0.3 is 14.2 Å². The molecule has 1 aliphatic rings. The number of rotatable bonds is 11. The summed E-state index contributed by atoms with van der Waals surface area (Å²) in [6.07, 6.45) is 10.9. The molecule has 0 bridgehead atoms. The molecule has 0 aliphatic carbocycles. The highest BCUT2D eigenvalue weighted by atomic mass is 16.7. The van der Waals surface area contributed by atoms with Crippen molar-refractivity contribution in [3.8, 4) is 11.5 Å². The summed E-state index contributed by atoms with van der Waals surface area (Å²) in [5, 5.41) is 4.69. The lowest BCUT2D eigenvalue weighted by molar-refractivity contribution is 0.0492. The number of carbonyl (C=O) groups excluding carboxylic acids is 2. The van der Waals surface area contributed by atoms with Gasteiger partial charge >= 0.3 is 5.97 Å². The van der Waals surface area contributed by atoms with Gasteiger partial charge in [0.15, 0.2) is 17.2 Å². The van der Waals surface area contributed by atoms with Gasteiger partial charge in [0, 0.05) is 18.4 Å². The zero-order valence-corrected chi connectivity index (χ0v) is 16.9. The van der Waals surface area contributed by atoms with Gasteiger partial charge in [-0.2, -0.15) is 9.78 Å². The number of nitrogens with zero attached hydrogens (tertiary/aromatic N) is 2. The molecule has 7 heteroatoms. The van der Waals surface area contributed by atoms with Gasteiger partial charge in [-0.1, -0.05) is 38.2 Å². The van der Waals surface area contributed by atoms with Crippen molar-refractivity contribution < 1.29 is 23.8 Å². The molecule has 0 N–H and O–H groups in total. The van der Waals surface area contributed by atoms with Gasteiger partial charge in [-0.25, -0.2) is 4.79 Å². The molecule has 0 amide bonds. The highest BCUT2D eigenvalue weighted by Gasteiger charge is 2.24. The molecular formula is C22H28N2O5. The van der Waals surface area contributed by atoms with E-state index in [9.17, 15) is 9.59 Å². The third kappa shape index (κ3) is 5.16. The number of fused-ring (bicyclic) bond motifs is 2. The van der Waals surface area contributed by atoms with Gasteiger partial charge in [-0.15, -0.1) is 6.58 Å². The van der Waals surface area contributed by atoms with Crippen LogP contribution in [0.1, 0.15) is 73.6 Å². The lowest BCUT2D eigenvalue weighted by Crippen LogP contribution is -2.11. The van der Waals surface area contributed by atoms with E-state index in [1.165, 1.54) is 37.3 Å². The maximum atomic E-state index is 12.5. The monoisotopic (exact) mass is 400 g/mol. The highest BCUT2D eigenvalue weighted by Crippen LogP contribution is 2.37. The Balaban J connectivity index is 1.52. The lowest BCUT2D eigenvalue weighted by Gasteiger charge is -2.04. The predicted octanol–water partition coefficient (Wildman–Crippen LogP) is 4.89. The Morgan fingerprint density at radius 1 is 1.10 bits per heavy atom. The zero-order chi connectivity index (χ0) is 20.6. The summed E-state index contributed by atoms with van der Waals surface area (Å²) < 4.78 is 17.3. The van der Waals surface area contributed by atoms with Crippen molar-refractivity contribution in [2.75, 3.05) is 13.4 Å². The van der Waals surface area contributed by atoms with E-state index in [0.29, 0.717) is 29.0 Å². The Labute approximate surface area is 170 Å². The average Bonchev–Trinajstić information content (AvgIpc) is 3.31. The molecule has 1 aromatic heterocycles. The molecule has 3 rings (SSSR count). The van der Waals surface area contributed by atoms with E-state index in [4.69, 9.17) is 14.2 Å². The molecule has 2 heterocycles. The molecule has 1 aliphatic heterocycles. The standard InChI is InChI=1S/C22H28N2O5/c1-3-4-5-6-7-8-9-10-11-12-27-22(26)21-17-13-19-20(29-15-28-19)14-18(17)24(23-21)16(2)25/h3,13-14H,1,4-12,15H2,2H3. The maximum absolute atomic E-state index is 12.5. The topological polar surface area (TPSA) is 79.7 Å². The summed E-state index contributed by atoms with van der Waals surface area (Å²) in [7, 11) is 0. The van der Waals surface area contributed by atoms with Crippen LogP contribution >= 0.6 is 0 Å². The molecule has 0 atom stereocenters. The Morgan fingerprint density at radius 2 is 1.76 bits per heavy atom. The minimum absolute atomic E-state index is 0.115. The Morgan fingerprint density at radius 3 is 2.45 bits per heavy atom. The maximum Gasteiger partial charge on any atom is 0.359 e. The van der Waals surface area contributed by atoms with Crippen LogP contribution in [0.5, 0.6) is 11.5 Å². The SMILES string of the molecule is C=CCCCCCCCCCOC(=O)c1nn(C(C)=O)c2cc3c(cc12)OCO3. The van der Waals surface area contributed by atoms with Gasteiger partial charge in [-0.3, -0.25) is 4.79 Å². The van der Waals surface area contributed by atoms with Gasteiger partial charge in [0.25, 0.3) is 0 Å². The molecule has 156 valence electrons. The van der Waals surface area contributed by atoms with E-state index < -0.39 is 5.97 Å². The number of unbranched alkanes of at least 4 members (excludes halogenated alkanes) is 7. The van der Waals surface area contributed by atoms with Crippen LogP contribution in [0.3, 0.4) is 0 Å². The van der Waals surface area contributed by atoms with E-state index in [-0.39, 0.29) is 18.4 Å². The quantitative estimate of drug-likeness (QED) is 0.304. The van der Waals surface area contributed by atoms with Gasteiger partial charge in [0.1, 0.15) is 0 Å². The number of hydrogen-bond donors (Lipinski definition) is 0. The minimum Gasteiger partial charge on any atom is -0.461 e. The summed E-state index contributed by atoms with van der Waals surface area (Å²) in [4.78, 5) is 24.5. The largest absolute Gasteiger partial charge is 0.461 e. The van der Waals surface area contributed by atoms with Crippen molar-refractivity contribution in [2.24, 2.45) is 0 Å². The Hall–Kier alpha value is -2.83. The van der Waals surface area contributed by atoms with Crippen LogP contribution in [-0.2, 0) is 4.74 Å². The zero-order valence-electron chi connectivity index (χ0n) is 16.9. The number of aromatic nitrogens is 2. The first kappa shape index (κ1) is 20.9. The van der Waals surface area contributed by atoms with Crippen LogP contribution in [0.25, 0.3) is 10.9 Å². The van der Waals surface area contributed by atoms with Crippen LogP contribution in [-0.4, -0.2) is 35.1 Å². The third-order valence-corrected chi connectivity index (χ3v) is 4.95. The van der Waals surface area contributed by atoms with Crippen molar-refractivity contribution in [1.29, 1.82) is 0 Å². The first-order valence-corrected chi connectivity index (χ1v) is 10.2. The van der Waals surface area contributed by atoms with Crippen LogP contribution in [0.15, 0.2) is 24.8 Å². The average molecular weight is 400 g/mol. The van der Waals surface area contributed by atoms with Crippen LogP contribution < -0.4 is 9.47 Å². The van der Waals surface area contributed by atoms with Crippen LogP contribution in [0.2, 0.25) is 0 Å². The summed E-state index contributed by atoms with van der Waals surface area (Å²) in [6.45, 7) is 5.58. The third-order valence-electron chi connectivity index (χ3n) is 4.95. The molecule has 0 saturated carbocycles. The molecule has 0 unspecified atom stereocenters. The molecule has 1 aromatic carbocycles. The van der Waals surface area contributed by atoms with E-state index >= 15 is 0 Å². The fraction of sp³-hybridized carbons (Fsp3) is 0.500. The molecule has 0 radical (unpaired) electrons. The molecule has 0 spiro atoms. The van der Waals surface area contributed by atoms with E-state index in [0.717, 1.165) is 25.7 Å². The normalized spacial score (nSPS) is 12.3. The second-order valence-electron chi connectivity index (χ2n) is 7.19. The molecule has 0 saturated heterocycles. The van der Waals surface area contributed by atoms with Crippen molar-refractivity contribution >= 4 is 22.8 Å². The van der Waals surface area contributed by atoms with Crippen molar-refractivity contribution in [1.82, 2.24) is 9.78 Å². The number of allylic oxidation sites excluding steroid dienone is 1. The number of esters is 1. The number of benzene rings is 1. The van der Waals surface area contributed by atoms with Crippen LogP contribution in [0.4, 0.5) is 0 Å². The molecule has 0 fully saturated rings. The van der Waals surface area contributed by atoms with Crippen molar-refractivity contribution in [3.05, 3.63) is 30.5 Å². The summed E-state index contributed by atoms with van der Waals surface area (Å²) in [5.74, 6) is 0.242. The molecular weight excluding hydrogens is 372 g/mol. The second kappa shape index (κ2) is 10.1. The Kier molecular flexibility index (Phi) is 7.27.